The molecule has 0 amide bonds. The van der Waals surface area contributed by atoms with Crippen LogP contribution in [0.5, 0.6) is 0 Å². The Bertz CT molecular complexity index is 58.6. The van der Waals surface area contributed by atoms with E-state index in [2.05, 4.69) is 0 Å². The summed E-state index contributed by atoms with van der Waals surface area (Å²) in [5.41, 5.74) is 0. The number of rotatable bonds is 1. The van der Waals surface area contributed by atoms with Crippen LogP contribution in [0.4, 0.5) is 0 Å². The fourth-order valence-corrected chi connectivity index (χ4v) is 1.91. The van der Waals surface area contributed by atoms with Gasteiger partial charge in [0.05, 0.1) is 0 Å². The van der Waals surface area contributed by atoms with Crippen LogP contribution in [0.3, 0.4) is 0 Å². The third kappa shape index (κ3) is 5.36. The molecule has 0 saturated carbocycles. The fourth-order valence-electron chi connectivity index (χ4n) is 0.154. The molecule has 0 nitrogen and oxygen atoms in total. The van der Waals surface area contributed by atoms with Crippen LogP contribution in [0.2, 0.25) is 6.32 Å². The molecule has 34 valence electrons. The van der Waals surface area contributed by atoms with Crippen molar-refractivity contribution in [1.29, 1.82) is 0 Å². The van der Waals surface area contributed by atoms with E-state index in [9.17, 15) is 0 Å². The Morgan fingerprint density at radius 3 is 2.17 bits per heavy atom. The van der Waals surface area contributed by atoms with Crippen LogP contribution < -0.4 is 0 Å². The van der Waals surface area contributed by atoms with Crippen LogP contribution in [0.1, 0.15) is 6.92 Å². The Hall–Kier alpha value is 1.36. The zero-order chi connectivity index (χ0) is 4.99. The van der Waals surface area contributed by atoms with Gasteiger partial charge in [-0.2, -0.15) is 0 Å². The molecule has 0 aliphatic rings. The summed E-state index contributed by atoms with van der Waals surface area (Å²) in [7, 11) is 10.9. The van der Waals surface area contributed by atoms with Crippen LogP contribution in [-0.4, -0.2) is 5.02 Å². The molecule has 0 spiro atoms. The zero-order valence-corrected chi connectivity index (χ0v) is 6.61. The van der Waals surface area contributed by atoms with E-state index >= 15 is 0 Å². The van der Waals surface area contributed by atoms with E-state index in [1.807, 2.05) is 11.9 Å². The number of hydrogen-bond donors (Lipinski definition) is 0. The molecule has 0 fully saturated rings. The molecule has 0 aromatic rings. The molecule has 0 aromatic heterocycles. The van der Waals surface area contributed by atoms with Gasteiger partial charge < -0.3 is 0 Å². The van der Waals surface area contributed by atoms with Gasteiger partial charge >= 0.3 is 51.9 Å². The third-order valence-corrected chi connectivity index (χ3v) is 2.75. The first-order valence-electron chi connectivity index (χ1n) is 1.78. The summed E-state index contributed by atoms with van der Waals surface area (Å²) >= 11 is -1.56. The van der Waals surface area contributed by atoms with Crippen molar-refractivity contribution in [2.75, 3.05) is 0 Å². The molecule has 0 radical (unpaired) electrons. The molecule has 0 aliphatic heterocycles. The van der Waals surface area contributed by atoms with Crippen LogP contribution in [0.25, 0.3) is 0 Å². The van der Waals surface area contributed by atoms with Gasteiger partial charge in [0.1, 0.15) is 0 Å². The van der Waals surface area contributed by atoms with Gasteiger partial charge in [-0.1, -0.05) is 0 Å². The first-order chi connectivity index (χ1) is 2.77. The second-order valence-electron chi connectivity index (χ2n) is 0.902. The Balaban J connectivity index is 3.14. The standard InChI is InChI=1S/C2H5B.2ClH.Ti/c1-2-3;;;/h2H2,1H3;2*1H;/q;;;+2/p-2. The second kappa shape index (κ2) is 4.52. The van der Waals surface area contributed by atoms with Gasteiger partial charge in [0.25, 0.3) is 0 Å². The van der Waals surface area contributed by atoms with Crippen molar-refractivity contribution < 1.29 is 15.1 Å². The van der Waals surface area contributed by atoms with Crippen molar-refractivity contribution in [3.8, 4) is 0 Å². The quantitative estimate of drug-likeness (QED) is 0.512. The SMILES string of the molecule is CC[B]=[Ti]([Cl])[Cl]. The summed E-state index contributed by atoms with van der Waals surface area (Å²) in [6.45, 7) is 2.04. The van der Waals surface area contributed by atoms with Crippen LogP contribution in [0.15, 0.2) is 0 Å². The minimum atomic E-state index is -1.56. The Morgan fingerprint density at radius 1 is 1.67 bits per heavy atom. The monoisotopic (exact) mass is 158 g/mol. The van der Waals surface area contributed by atoms with Crippen LogP contribution in [-0.2, 0) is 15.1 Å². The summed E-state index contributed by atoms with van der Waals surface area (Å²) in [4.78, 5) is 0. The van der Waals surface area contributed by atoms with Gasteiger partial charge in [-0.15, -0.1) is 0 Å². The molecule has 0 unspecified atom stereocenters. The summed E-state index contributed by atoms with van der Waals surface area (Å²) in [6, 6.07) is 0. The van der Waals surface area contributed by atoms with E-state index in [0.717, 1.165) is 6.32 Å². The molecule has 0 aliphatic carbocycles. The number of hydrogen-bond acceptors (Lipinski definition) is 0. The fraction of sp³-hybridized carbons (Fsp3) is 1.00. The summed E-state index contributed by atoms with van der Waals surface area (Å²) < 4.78 is 0. The third-order valence-electron chi connectivity index (χ3n) is 0.358. The molecule has 6 heavy (non-hydrogen) atoms. The summed E-state index contributed by atoms with van der Waals surface area (Å²) in [6.07, 6.45) is 1.02. The first-order valence-corrected chi connectivity index (χ1v) is 6.98. The zero-order valence-electron chi connectivity index (χ0n) is 3.54. The van der Waals surface area contributed by atoms with Gasteiger partial charge in [-0.25, -0.2) is 0 Å². The van der Waals surface area contributed by atoms with Crippen molar-refractivity contribution in [2.24, 2.45) is 0 Å². The normalized spacial score (nSPS) is 7.17. The van der Waals surface area contributed by atoms with Gasteiger partial charge in [0, 0.05) is 0 Å². The van der Waals surface area contributed by atoms with Crippen molar-refractivity contribution >= 4 is 23.6 Å². The molecule has 0 heterocycles. The molecule has 0 aromatic carbocycles. The van der Waals surface area contributed by atoms with Gasteiger partial charge in [-0.05, 0) is 0 Å². The molecule has 0 atom stereocenters. The van der Waals surface area contributed by atoms with Gasteiger partial charge in [-0.3, -0.25) is 0 Å². The average molecular weight is 159 g/mol. The maximum absolute atomic E-state index is 5.45. The Morgan fingerprint density at radius 2 is 2.17 bits per heavy atom. The Labute approximate surface area is 51.9 Å². The molecule has 0 rings (SSSR count). The van der Waals surface area contributed by atoms with Crippen molar-refractivity contribution in [1.82, 2.24) is 0 Å². The van der Waals surface area contributed by atoms with E-state index in [-0.39, 0.29) is 0 Å². The molecular weight excluding hydrogens is 154 g/mol. The number of halogens is 2. The molecular formula is C2H5BCl2Ti. The summed E-state index contributed by atoms with van der Waals surface area (Å²) in [5, 5.41) is 1.99. The van der Waals surface area contributed by atoms with Gasteiger partial charge in [0.2, 0.25) is 0 Å². The van der Waals surface area contributed by atoms with Crippen LogP contribution in [0, 0.1) is 0 Å². The van der Waals surface area contributed by atoms with Crippen LogP contribution >= 0.6 is 18.6 Å². The predicted octanol–water partition coefficient (Wildman–Crippen LogP) is 1.97. The summed E-state index contributed by atoms with van der Waals surface area (Å²) in [5.74, 6) is 0. The molecule has 0 bridgehead atoms. The minimum absolute atomic E-state index is 1.02. The first kappa shape index (κ1) is 7.36. The second-order valence-corrected chi connectivity index (χ2v) is 6.60. The van der Waals surface area contributed by atoms with E-state index in [1.54, 1.807) is 0 Å². The average Bonchev–Trinajstić information content (AvgIpc) is 1.35. The van der Waals surface area contributed by atoms with E-state index < -0.39 is 15.1 Å². The predicted molar refractivity (Wildman–Crippen MR) is 27.9 cm³/mol. The van der Waals surface area contributed by atoms with Crippen molar-refractivity contribution in [2.45, 2.75) is 13.2 Å². The molecule has 0 N–H and O–H groups in total. The topological polar surface area (TPSA) is 0 Å². The van der Waals surface area contributed by atoms with Crippen molar-refractivity contribution in [3.05, 3.63) is 0 Å². The molecule has 4 heteroatoms. The van der Waals surface area contributed by atoms with E-state index in [1.165, 1.54) is 0 Å². The van der Waals surface area contributed by atoms with Gasteiger partial charge in [0.15, 0.2) is 0 Å². The maximum atomic E-state index is 5.45. The molecule has 0 saturated heterocycles. The van der Waals surface area contributed by atoms with E-state index in [4.69, 9.17) is 18.6 Å². The Kier molecular flexibility index (Phi) is 5.54. The van der Waals surface area contributed by atoms with E-state index in [0.29, 0.717) is 0 Å². The van der Waals surface area contributed by atoms with Crippen molar-refractivity contribution in [3.63, 3.8) is 0 Å².